The Balaban J connectivity index is 1.60. The van der Waals surface area contributed by atoms with Crippen LogP contribution < -0.4 is 5.32 Å². The van der Waals surface area contributed by atoms with Crippen molar-refractivity contribution in [3.05, 3.63) is 36.0 Å². The molecule has 1 aromatic carbocycles. The van der Waals surface area contributed by atoms with E-state index in [9.17, 15) is 4.79 Å². The zero-order valence-corrected chi connectivity index (χ0v) is 12.5. The highest BCUT2D eigenvalue weighted by Gasteiger charge is 2.16. The van der Waals surface area contributed by atoms with Crippen molar-refractivity contribution < 1.29 is 9.53 Å². The van der Waals surface area contributed by atoms with Gasteiger partial charge in [0.2, 0.25) is 5.91 Å². The molecule has 1 aliphatic rings. The van der Waals surface area contributed by atoms with Crippen molar-refractivity contribution >= 4 is 16.8 Å². The lowest BCUT2D eigenvalue weighted by Gasteiger charge is -2.23. The maximum absolute atomic E-state index is 12.1. The SMILES string of the molecule is Cc1cc2ccccc2n1CCC(=O)N[C@@H]1CCCOC1. The highest BCUT2D eigenvalue weighted by molar-refractivity contribution is 5.81. The lowest BCUT2D eigenvalue weighted by molar-refractivity contribution is -0.122. The number of aryl methyl sites for hydroxylation is 2. The van der Waals surface area contributed by atoms with E-state index in [2.05, 4.69) is 35.0 Å². The van der Waals surface area contributed by atoms with Gasteiger partial charge in [0.25, 0.3) is 0 Å². The van der Waals surface area contributed by atoms with Crippen LogP contribution >= 0.6 is 0 Å². The third kappa shape index (κ3) is 3.27. The molecule has 3 rings (SSSR count). The summed E-state index contributed by atoms with van der Waals surface area (Å²) in [6, 6.07) is 10.7. The molecule has 1 N–H and O–H groups in total. The van der Waals surface area contributed by atoms with Gasteiger partial charge in [-0.3, -0.25) is 4.79 Å². The molecule has 2 heterocycles. The summed E-state index contributed by atoms with van der Waals surface area (Å²) < 4.78 is 7.60. The summed E-state index contributed by atoms with van der Waals surface area (Å²) in [5.41, 5.74) is 2.40. The summed E-state index contributed by atoms with van der Waals surface area (Å²) in [4.78, 5) is 12.1. The van der Waals surface area contributed by atoms with Gasteiger partial charge in [-0.15, -0.1) is 0 Å². The number of hydrogen-bond acceptors (Lipinski definition) is 2. The average molecular weight is 286 g/mol. The number of amides is 1. The van der Waals surface area contributed by atoms with Crippen molar-refractivity contribution in [2.45, 2.75) is 38.8 Å². The molecule has 4 nitrogen and oxygen atoms in total. The number of nitrogens with one attached hydrogen (secondary N) is 1. The number of fused-ring (bicyclic) bond motifs is 1. The van der Waals surface area contributed by atoms with Gasteiger partial charge in [0.15, 0.2) is 0 Å². The number of carbonyl (C=O) groups is 1. The first kappa shape index (κ1) is 14.1. The number of rotatable bonds is 4. The third-order valence-electron chi connectivity index (χ3n) is 4.11. The van der Waals surface area contributed by atoms with Crippen molar-refractivity contribution in [1.29, 1.82) is 0 Å². The summed E-state index contributed by atoms with van der Waals surface area (Å²) in [5, 5.41) is 4.30. The second kappa shape index (κ2) is 6.31. The van der Waals surface area contributed by atoms with Gasteiger partial charge in [0, 0.05) is 30.8 Å². The summed E-state index contributed by atoms with van der Waals surface area (Å²) in [6.45, 7) is 4.28. The number of aromatic nitrogens is 1. The van der Waals surface area contributed by atoms with Gasteiger partial charge < -0.3 is 14.6 Å². The van der Waals surface area contributed by atoms with Crippen molar-refractivity contribution in [1.82, 2.24) is 9.88 Å². The van der Waals surface area contributed by atoms with Gasteiger partial charge in [-0.05, 0) is 37.3 Å². The van der Waals surface area contributed by atoms with Crippen molar-refractivity contribution in [2.75, 3.05) is 13.2 Å². The van der Waals surface area contributed by atoms with Gasteiger partial charge in [0.1, 0.15) is 0 Å². The number of ether oxygens (including phenoxy) is 1. The molecule has 0 radical (unpaired) electrons. The molecule has 0 spiro atoms. The Morgan fingerprint density at radius 2 is 2.29 bits per heavy atom. The molecule has 1 fully saturated rings. The zero-order valence-electron chi connectivity index (χ0n) is 12.5. The average Bonchev–Trinajstić information content (AvgIpc) is 2.81. The molecule has 0 aliphatic carbocycles. The van der Waals surface area contributed by atoms with Crippen LogP contribution in [0, 0.1) is 6.92 Å². The number of para-hydroxylation sites is 1. The maximum atomic E-state index is 12.1. The first-order valence-corrected chi connectivity index (χ1v) is 7.66. The molecule has 0 saturated carbocycles. The summed E-state index contributed by atoms with van der Waals surface area (Å²) in [6.07, 6.45) is 2.57. The number of carbonyl (C=O) groups excluding carboxylic acids is 1. The van der Waals surface area contributed by atoms with E-state index in [1.54, 1.807) is 0 Å². The van der Waals surface area contributed by atoms with Gasteiger partial charge in [-0.2, -0.15) is 0 Å². The van der Waals surface area contributed by atoms with Crippen LogP contribution in [0.25, 0.3) is 10.9 Å². The molecule has 1 aromatic heterocycles. The standard InChI is InChI=1S/C17H22N2O2/c1-13-11-14-5-2-3-7-16(14)19(13)9-8-17(20)18-15-6-4-10-21-12-15/h2-3,5,7,11,15H,4,6,8-10,12H2,1H3,(H,18,20)/t15-/m1/s1. The summed E-state index contributed by atoms with van der Waals surface area (Å²) in [7, 11) is 0. The smallest absolute Gasteiger partial charge is 0.222 e. The lowest BCUT2D eigenvalue weighted by Crippen LogP contribution is -2.40. The van der Waals surface area contributed by atoms with Gasteiger partial charge in [0.05, 0.1) is 12.6 Å². The van der Waals surface area contributed by atoms with Crippen LogP contribution in [-0.2, 0) is 16.1 Å². The van der Waals surface area contributed by atoms with E-state index in [4.69, 9.17) is 4.74 Å². The van der Waals surface area contributed by atoms with E-state index in [-0.39, 0.29) is 11.9 Å². The van der Waals surface area contributed by atoms with E-state index in [0.717, 1.165) is 26.0 Å². The maximum Gasteiger partial charge on any atom is 0.222 e. The number of benzene rings is 1. The Morgan fingerprint density at radius 3 is 3.10 bits per heavy atom. The van der Waals surface area contributed by atoms with Crippen LogP contribution in [0.2, 0.25) is 0 Å². The predicted molar refractivity (Wildman–Crippen MR) is 83.3 cm³/mol. The summed E-state index contributed by atoms with van der Waals surface area (Å²) >= 11 is 0. The molecular weight excluding hydrogens is 264 g/mol. The molecule has 1 saturated heterocycles. The van der Waals surface area contributed by atoms with Gasteiger partial charge in [-0.1, -0.05) is 18.2 Å². The molecule has 1 atom stereocenters. The van der Waals surface area contributed by atoms with Crippen molar-refractivity contribution in [3.8, 4) is 0 Å². The summed E-state index contributed by atoms with van der Waals surface area (Å²) in [5.74, 6) is 0.114. The fraction of sp³-hybridized carbons (Fsp3) is 0.471. The van der Waals surface area contributed by atoms with E-state index in [1.165, 1.54) is 16.6 Å². The van der Waals surface area contributed by atoms with Crippen LogP contribution in [0.5, 0.6) is 0 Å². The molecular formula is C17H22N2O2. The fourth-order valence-corrected chi connectivity index (χ4v) is 3.01. The predicted octanol–water partition coefficient (Wildman–Crippen LogP) is 2.64. The lowest BCUT2D eigenvalue weighted by atomic mass is 10.1. The Hall–Kier alpha value is -1.81. The number of nitrogens with zero attached hydrogens (tertiary/aromatic N) is 1. The van der Waals surface area contributed by atoms with Gasteiger partial charge >= 0.3 is 0 Å². The van der Waals surface area contributed by atoms with E-state index >= 15 is 0 Å². The molecule has 4 heteroatoms. The second-order valence-electron chi connectivity index (χ2n) is 5.73. The van der Waals surface area contributed by atoms with E-state index < -0.39 is 0 Å². The Bertz CT molecular complexity index is 627. The topological polar surface area (TPSA) is 43.3 Å². The first-order valence-electron chi connectivity index (χ1n) is 7.66. The Kier molecular flexibility index (Phi) is 4.25. The molecule has 2 aromatic rings. The minimum absolute atomic E-state index is 0.114. The quantitative estimate of drug-likeness (QED) is 0.939. The fourth-order valence-electron chi connectivity index (χ4n) is 3.01. The normalized spacial score (nSPS) is 18.8. The second-order valence-corrected chi connectivity index (χ2v) is 5.73. The molecule has 21 heavy (non-hydrogen) atoms. The van der Waals surface area contributed by atoms with Crippen LogP contribution in [0.1, 0.15) is 25.0 Å². The highest BCUT2D eigenvalue weighted by Crippen LogP contribution is 2.19. The molecule has 1 aliphatic heterocycles. The monoisotopic (exact) mass is 286 g/mol. The molecule has 1 amide bonds. The van der Waals surface area contributed by atoms with Crippen molar-refractivity contribution in [2.24, 2.45) is 0 Å². The van der Waals surface area contributed by atoms with Crippen LogP contribution in [0.3, 0.4) is 0 Å². The molecule has 0 bridgehead atoms. The Morgan fingerprint density at radius 1 is 1.43 bits per heavy atom. The van der Waals surface area contributed by atoms with Crippen LogP contribution in [-0.4, -0.2) is 29.7 Å². The van der Waals surface area contributed by atoms with Crippen LogP contribution in [0.4, 0.5) is 0 Å². The van der Waals surface area contributed by atoms with Crippen LogP contribution in [0.15, 0.2) is 30.3 Å². The van der Waals surface area contributed by atoms with E-state index in [1.807, 2.05) is 12.1 Å². The molecule has 112 valence electrons. The Labute approximate surface area is 125 Å². The minimum atomic E-state index is 0.114. The van der Waals surface area contributed by atoms with Gasteiger partial charge in [-0.25, -0.2) is 0 Å². The minimum Gasteiger partial charge on any atom is -0.379 e. The first-order chi connectivity index (χ1) is 10.2. The molecule has 0 unspecified atom stereocenters. The number of hydrogen-bond donors (Lipinski definition) is 1. The van der Waals surface area contributed by atoms with E-state index in [0.29, 0.717) is 13.0 Å². The highest BCUT2D eigenvalue weighted by atomic mass is 16.5. The largest absolute Gasteiger partial charge is 0.379 e. The third-order valence-corrected chi connectivity index (χ3v) is 4.11. The van der Waals surface area contributed by atoms with Crippen molar-refractivity contribution in [3.63, 3.8) is 0 Å². The zero-order chi connectivity index (χ0) is 14.7.